The molecule has 0 spiro atoms. The number of hydrogen-bond donors (Lipinski definition) is 2. The van der Waals surface area contributed by atoms with Gasteiger partial charge in [0.15, 0.2) is 0 Å². The minimum Gasteiger partial charge on any atom is -0.402 e. The number of nitrogens with two attached hydrogens (primary N) is 2. The number of benzene rings is 1. The fourth-order valence-corrected chi connectivity index (χ4v) is 1.57. The van der Waals surface area contributed by atoms with E-state index >= 15 is 0 Å². The van der Waals surface area contributed by atoms with E-state index < -0.39 is 10.0 Å². The van der Waals surface area contributed by atoms with Crippen LogP contribution >= 0.6 is 0 Å². The van der Waals surface area contributed by atoms with Crippen LogP contribution in [0.25, 0.3) is 0 Å². The fourth-order valence-electron chi connectivity index (χ4n) is 1.06. The highest BCUT2D eigenvalue weighted by atomic mass is 32.2. The molecule has 0 aromatic heterocycles. The summed E-state index contributed by atoms with van der Waals surface area (Å²) < 4.78 is 21.8. The predicted molar refractivity (Wildman–Crippen MR) is 54.8 cm³/mol. The highest BCUT2D eigenvalue weighted by molar-refractivity contribution is 7.89. The van der Waals surface area contributed by atoms with E-state index in [-0.39, 0.29) is 4.90 Å². The predicted octanol–water partition coefficient (Wildman–Crippen LogP) is 0.349. The molecule has 4 nitrogen and oxygen atoms in total. The summed E-state index contributed by atoms with van der Waals surface area (Å²) in [6.07, 6.45) is 0.533. The van der Waals surface area contributed by atoms with Crippen molar-refractivity contribution < 1.29 is 8.42 Å². The Morgan fingerprint density at radius 3 is 2.14 bits per heavy atom. The second kappa shape index (κ2) is 3.81. The molecule has 0 aliphatic carbocycles. The molecule has 0 heterocycles. The Morgan fingerprint density at radius 1 is 1.29 bits per heavy atom. The molecular weight excluding hydrogens is 200 g/mol. The number of sulfonamides is 1. The molecule has 1 aromatic rings. The second-order valence-electron chi connectivity index (χ2n) is 3.02. The van der Waals surface area contributed by atoms with Crippen molar-refractivity contribution in [3.8, 4) is 0 Å². The maximum atomic E-state index is 10.9. The summed E-state index contributed by atoms with van der Waals surface area (Å²) in [5.74, 6) is 0. The first-order chi connectivity index (χ1) is 6.39. The van der Waals surface area contributed by atoms with Crippen molar-refractivity contribution in [1.82, 2.24) is 0 Å². The lowest BCUT2D eigenvalue weighted by molar-refractivity contribution is 0.598. The minimum atomic E-state index is -3.60. The molecule has 14 heavy (non-hydrogen) atoms. The monoisotopic (exact) mass is 212 g/mol. The van der Waals surface area contributed by atoms with E-state index in [4.69, 9.17) is 10.9 Å². The molecule has 0 saturated carbocycles. The van der Waals surface area contributed by atoms with Crippen LogP contribution in [0.2, 0.25) is 0 Å². The molecule has 0 unspecified atom stereocenters. The van der Waals surface area contributed by atoms with Gasteiger partial charge in [-0.1, -0.05) is 18.7 Å². The molecule has 5 heteroatoms. The van der Waals surface area contributed by atoms with E-state index in [9.17, 15) is 8.42 Å². The average Bonchev–Trinajstić information content (AvgIpc) is 2.02. The Bertz CT molecular complexity index is 434. The van der Waals surface area contributed by atoms with Crippen LogP contribution in [0.15, 0.2) is 41.4 Å². The standard InChI is InChI=1S/C9H12N2O2S/c1-7(10)6-8-2-4-9(5-3-8)14(11,12)13/h2-5H,1,6,10H2,(H2,11,12,13). The zero-order valence-electron chi connectivity index (χ0n) is 7.60. The molecule has 1 aromatic carbocycles. The first-order valence-electron chi connectivity index (χ1n) is 3.94. The van der Waals surface area contributed by atoms with Crippen molar-refractivity contribution in [2.75, 3.05) is 0 Å². The van der Waals surface area contributed by atoms with Crippen molar-refractivity contribution in [1.29, 1.82) is 0 Å². The summed E-state index contributed by atoms with van der Waals surface area (Å²) in [5, 5.41) is 4.94. The molecule has 0 aliphatic rings. The number of allylic oxidation sites excluding steroid dienone is 1. The molecule has 0 fully saturated rings. The van der Waals surface area contributed by atoms with E-state index in [2.05, 4.69) is 6.58 Å². The SMILES string of the molecule is C=C(N)Cc1ccc(S(N)(=O)=O)cc1. The lowest BCUT2D eigenvalue weighted by Gasteiger charge is -2.01. The third kappa shape index (κ3) is 2.86. The Hall–Kier alpha value is -1.33. The van der Waals surface area contributed by atoms with E-state index in [1.165, 1.54) is 12.1 Å². The van der Waals surface area contributed by atoms with Gasteiger partial charge in [0.25, 0.3) is 0 Å². The number of primary sulfonamides is 1. The second-order valence-corrected chi connectivity index (χ2v) is 4.59. The Kier molecular flexibility index (Phi) is 2.93. The quantitative estimate of drug-likeness (QED) is 0.758. The van der Waals surface area contributed by atoms with Gasteiger partial charge in [0.2, 0.25) is 10.0 Å². The maximum Gasteiger partial charge on any atom is 0.238 e. The number of hydrogen-bond acceptors (Lipinski definition) is 3. The Morgan fingerprint density at radius 2 is 1.79 bits per heavy atom. The molecule has 0 bridgehead atoms. The molecule has 1 rings (SSSR count). The van der Waals surface area contributed by atoms with Crippen LogP contribution in [0.1, 0.15) is 5.56 Å². The van der Waals surface area contributed by atoms with E-state index in [0.717, 1.165) is 5.56 Å². The van der Waals surface area contributed by atoms with Gasteiger partial charge in [-0.2, -0.15) is 0 Å². The van der Waals surface area contributed by atoms with Crippen molar-refractivity contribution in [3.05, 3.63) is 42.1 Å². The van der Waals surface area contributed by atoms with E-state index in [1.54, 1.807) is 12.1 Å². The van der Waals surface area contributed by atoms with Crippen LogP contribution in [0.5, 0.6) is 0 Å². The first-order valence-corrected chi connectivity index (χ1v) is 5.49. The highest BCUT2D eigenvalue weighted by Gasteiger charge is 2.06. The minimum absolute atomic E-state index is 0.101. The lowest BCUT2D eigenvalue weighted by atomic mass is 10.1. The van der Waals surface area contributed by atoms with Gasteiger partial charge in [0.1, 0.15) is 0 Å². The zero-order chi connectivity index (χ0) is 10.8. The molecule has 0 radical (unpaired) electrons. The molecule has 0 aliphatic heterocycles. The van der Waals surface area contributed by atoms with Gasteiger partial charge in [-0.3, -0.25) is 0 Å². The van der Waals surface area contributed by atoms with Gasteiger partial charge in [0.05, 0.1) is 4.90 Å². The first kappa shape index (κ1) is 10.7. The van der Waals surface area contributed by atoms with Crippen LogP contribution < -0.4 is 10.9 Å². The van der Waals surface area contributed by atoms with Crippen LogP contribution in [-0.4, -0.2) is 8.42 Å². The zero-order valence-corrected chi connectivity index (χ0v) is 8.42. The summed E-state index contributed by atoms with van der Waals surface area (Å²) in [6, 6.07) is 6.23. The topological polar surface area (TPSA) is 86.2 Å². The third-order valence-corrected chi connectivity index (χ3v) is 2.61. The van der Waals surface area contributed by atoms with Gasteiger partial charge in [-0.25, -0.2) is 13.6 Å². The van der Waals surface area contributed by atoms with Crippen molar-refractivity contribution in [3.63, 3.8) is 0 Å². The fraction of sp³-hybridized carbons (Fsp3) is 0.111. The normalized spacial score (nSPS) is 11.2. The maximum absolute atomic E-state index is 10.9. The van der Waals surface area contributed by atoms with Gasteiger partial charge >= 0.3 is 0 Å². The van der Waals surface area contributed by atoms with Crippen molar-refractivity contribution >= 4 is 10.0 Å². The van der Waals surface area contributed by atoms with Crippen molar-refractivity contribution in [2.24, 2.45) is 10.9 Å². The summed E-state index contributed by atoms with van der Waals surface area (Å²) in [4.78, 5) is 0.101. The third-order valence-electron chi connectivity index (χ3n) is 1.68. The molecule has 0 saturated heterocycles. The lowest BCUT2D eigenvalue weighted by Crippen LogP contribution is -2.12. The van der Waals surface area contributed by atoms with Crippen LogP contribution in [0.4, 0.5) is 0 Å². The molecule has 76 valence electrons. The van der Waals surface area contributed by atoms with Crippen LogP contribution in [0, 0.1) is 0 Å². The molecular formula is C9H12N2O2S. The van der Waals surface area contributed by atoms with E-state index in [1.807, 2.05) is 0 Å². The van der Waals surface area contributed by atoms with Gasteiger partial charge < -0.3 is 5.73 Å². The Labute approximate surface area is 83.3 Å². The Balaban J connectivity index is 2.95. The average molecular weight is 212 g/mol. The van der Waals surface area contributed by atoms with Gasteiger partial charge in [-0.15, -0.1) is 0 Å². The van der Waals surface area contributed by atoms with Crippen LogP contribution in [-0.2, 0) is 16.4 Å². The summed E-state index contributed by atoms with van der Waals surface area (Å²) >= 11 is 0. The smallest absolute Gasteiger partial charge is 0.238 e. The highest BCUT2D eigenvalue weighted by Crippen LogP contribution is 2.10. The molecule has 0 amide bonds. The van der Waals surface area contributed by atoms with Gasteiger partial charge in [0, 0.05) is 12.1 Å². The van der Waals surface area contributed by atoms with Gasteiger partial charge in [-0.05, 0) is 17.7 Å². The summed E-state index contributed by atoms with van der Waals surface area (Å²) in [5.41, 5.74) is 6.85. The summed E-state index contributed by atoms with van der Waals surface area (Å²) in [6.45, 7) is 3.56. The summed E-state index contributed by atoms with van der Waals surface area (Å²) in [7, 11) is -3.60. The number of rotatable bonds is 3. The molecule has 0 atom stereocenters. The molecule has 4 N–H and O–H groups in total. The van der Waals surface area contributed by atoms with Crippen LogP contribution in [0.3, 0.4) is 0 Å². The van der Waals surface area contributed by atoms with Crippen molar-refractivity contribution in [2.45, 2.75) is 11.3 Å². The van der Waals surface area contributed by atoms with E-state index in [0.29, 0.717) is 12.1 Å². The largest absolute Gasteiger partial charge is 0.402 e.